The van der Waals surface area contributed by atoms with Crippen LogP contribution in [0.15, 0.2) is 77.6 Å². The van der Waals surface area contributed by atoms with E-state index in [1.54, 1.807) is 67.6 Å². The number of fused-ring (bicyclic) bond motifs is 1. The number of benzene rings is 3. The summed E-state index contributed by atoms with van der Waals surface area (Å²) in [6.07, 6.45) is 1.06. The van der Waals surface area contributed by atoms with Crippen LogP contribution in [0.1, 0.15) is 16.1 Å². The average molecular weight is 449 g/mol. The number of rotatable bonds is 5. The normalized spacial score (nSPS) is 11.3. The fourth-order valence-electron chi connectivity index (χ4n) is 3.30. The minimum atomic E-state index is -3.48. The van der Waals surface area contributed by atoms with Crippen molar-refractivity contribution in [1.82, 2.24) is 9.78 Å². The molecule has 4 aromatic rings. The second-order valence-electron chi connectivity index (χ2n) is 7.30. The van der Waals surface area contributed by atoms with Gasteiger partial charge < -0.3 is 5.32 Å². The lowest BCUT2D eigenvalue weighted by Crippen LogP contribution is -2.26. The van der Waals surface area contributed by atoms with Crippen LogP contribution in [0.2, 0.25) is 0 Å². The van der Waals surface area contributed by atoms with E-state index in [4.69, 9.17) is 0 Å². The number of hydrogen-bond donors (Lipinski definition) is 2. The van der Waals surface area contributed by atoms with E-state index in [2.05, 4.69) is 15.1 Å². The highest BCUT2D eigenvalue weighted by Gasteiger charge is 2.18. The number of sulfonamides is 1. The Bertz CT molecular complexity index is 1500. The van der Waals surface area contributed by atoms with Crippen molar-refractivity contribution in [3.8, 4) is 5.69 Å². The molecular formula is C23H20N4O4S. The lowest BCUT2D eigenvalue weighted by atomic mass is 10.1. The fraction of sp³-hybridized carbons (Fsp3) is 0.0870. The molecule has 0 saturated heterocycles. The number of para-hydroxylation sites is 1. The molecule has 9 heteroatoms. The van der Waals surface area contributed by atoms with Crippen molar-refractivity contribution in [3.05, 3.63) is 94.4 Å². The van der Waals surface area contributed by atoms with Gasteiger partial charge in [-0.1, -0.05) is 42.5 Å². The van der Waals surface area contributed by atoms with Gasteiger partial charge in [0.1, 0.15) is 0 Å². The maximum Gasteiger partial charge on any atom is 0.279 e. The second-order valence-corrected chi connectivity index (χ2v) is 9.05. The van der Waals surface area contributed by atoms with Gasteiger partial charge in [0.25, 0.3) is 11.5 Å². The molecular weight excluding hydrogens is 428 g/mol. The minimum Gasteiger partial charge on any atom is -0.321 e. The quantitative estimate of drug-likeness (QED) is 0.487. The van der Waals surface area contributed by atoms with E-state index < -0.39 is 15.9 Å². The van der Waals surface area contributed by atoms with Crippen LogP contribution in [0.25, 0.3) is 16.5 Å². The lowest BCUT2D eigenvalue weighted by molar-refractivity contribution is 0.102. The molecule has 1 amide bonds. The number of aromatic nitrogens is 2. The number of aryl methyl sites for hydroxylation is 1. The number of hydrogen-bond acceptors (Lipinski definition) is 5. The third-order valence-electron chi connectivity index (χ3n) is 4.81. The summed E-state index contributed by atoms with van der Waals surface area (Å²) in [4.78, 5) is 26.2. The first-order valence-electron chi connectivity index (χ1n) is 9.70. The summed E-state index contributed by atoms with van der Waals surface area (Å²) >= 11 is 0. The Hall–Kier alpha value is -3.98. The average Bonchev–Trinajstić information content (AvgIpc) is 2.76. The molecule has 0 aliphatic heterocycles. The topological polar surface area (TPSA) is 110 Å². The van der Waals surface area contributed by atoms with Crippen LogP contribution in [0.3, 0.4) is 0 Å². The van der Waals surface area contributed by atoms with Crippen LogP contribution in [-0.4, -0.2) is 30.4 Å². The van der Waals surface area contributed by atoms with Gasteiger partial charge in [-0.3, -0.25) is 14.3 Å². The van der Waals surface area contributed by atoms with Gasteiger partial charge in [-0.05, 0) is 42.8 Å². The summed E-state index contributed by atoms with van der Waals surface area (Å²) in [6, 6.07) is 20.5. The largest absolute Gasteiger partial charge is 0.321 e. The van der Waals surface area contributed by atoms with Gasteiger partial charge in [0, 0.05) is 11.1 Å². The van der Waals surface area contributed by atoms with Crippen LogP contribution in [-0.2, 0) is 10.0 Å². The SMILES string of the molecule is Cc1ccc(NC(=O)c2nn(-c3ccccc3)c(=O)c3ccccc23)cc1NS(C)(=O)=O. The van der Waals surface area contributed by atoms with E-state index in [-0.39, 0.29) is 11.3 Å². The second kappa shape index (κ2) is 8.27. The van der Waals surface area contributed by atoms with Crippen molar-refractivity contribution in [2.75, 3.05) is 16.3 Å². The van der Waals surface area contributed by atoms with Crippen molar-refractivity contribution in [1.29, 1.82) is 0 Å². The molecule has 162 valence electrons. The number of carbonyl (C=O) groups is 1. The summed E-state index contributed by atoms with van der Waals surface area (Å²) in [5.41, 5.74) is 1.72. The Balaban J connectivity index is 1.79. The van der Waals surface area contributed by atoms with Crippen LogP contribution in [0.4, 0.5) is 11.4 Å². The molecule has 1 aromatic heterocycles. The molecule has 0 atom stereocenters. The van der Waals surface area contributed by atoms with E-state index in [1.807, 2.05) is 6.07 Å². The third kappa shape index (κ3) is 4.37. The first-order valence-corrected chi connectivity index (χ1v) is 11.6. The lowest BCUT2D eigenvalue weighted by Gasteiger charge is -2.13. The molecule has 1 heterocycles. The highest BCUT2D eigenvalue weighted by atomic mass is 32.2. The van der Waals surface area contributed by atoms with Gasteiger partial charge in [0.15, 0.2) is 5.69 Å². The molecule has 3 aromatic carbocycles. The van der Waals surface area contributed by atoms with Gasteiger partial charge in [0.05, 0.1) is 23.0 Å². The molecule has 0 fully saturated rings. The highest BCUT2D eigenvalue weighted by Crippen LogP contribution is 2.23. The predicted molar refractivity (Wildman–Crippen MR) is 125 cm³/mol. The number of carbonyl (C=O) groups excluding carboxylic acids is 1. The first kappa shape index (κ1) is 21.3. The summed E-state index contributed by atoms with van der Waals surface area (Å²) in [7, 11) is -3.48. The molecule has 8 nitrogen and oxygen atoms in total. The molecule has 0 unspecified atom stereocenters. The molecule has 0 aliphatic carbocycles. The molecule has 0 saturated carbocycles. The smallest absolute Gasteiger partial charge is 0.279 e. The van der Waals surface area contributed by atoms with Crippen LogP contribution in [0.5, 0.6) is 0 Å². The zero-order valence-corrected chi connectivity index (χ0v) is 18.2. The Morgan fingerprint density at radius 2 is 1.59 bits per heavy atom. The predicted octanol–water partition coefficient (Wildman–Crippen LogP) is 3.32. The van der Waals surface area contributed by atoms with E-state index in [1.165, 1.54) is 10.7 Å². The van der Waals surface area contributed by atoms with E-state index in [9.17, 15) is 18.0 Å². The maximum atomic E-state index is 13.2. The monoisotopic (exact) mass is 448 g/mol. The summed E-state index contributed by atoms with van der Waals surface area (Å²) in [5, 5.41) is 7.88. The summed E-state index contributed by atoms with van der Waals surface area (Å²) in [6.45, 7) is 1.75. The fourth-order valence-corrected chi connectivity index (χ4v) is 3.92. The number of anilines is 2. The molecule has 32 heavy (non-hydrogen) atoms. The molecule has 0 aliphatic rings. The van der Waals surface area contributed by atoms with Gasteiger partial charge in [-0.2, -0.15) is 9.78 Å². The summed E-state index contributed by atoms with van der Waals surface area (Å²) in [5.74, 6) is -0.528. The standard InChI is InChI=1S/C23H20N4O4S/c1-15-12-13-16(14-20(15)26-32(2,30)31)24-22(28)21-18-10-6-7-11-19(18)23(29)27(25-21)17-8-4-3-5-9-17/h3-14,26H,1-2H3,(H,24,28). The zero-order chi connectivity index (χ0) is 22.9. The maximum absolute atomic E-state index is 13.2. The van der Waals surface area contributed by atoms with Gasteiger partial charge >= 0.3 is 0 Å². The van der Waals surface area contributed by atoms with Crippen molar-refractivity contribution >= 4 is 38.1 Å². The Morgan fingerprint density at radius 3 is 2.28 bits per heavy atom. The van der Waals surface area contributed by atoms with Crippen LogP contribution >= 0.6 is 0 Å². The Labute approximate surface area is 184 Å². The number of amides is 1. The minimum absolute atomic E-state index is 0.0715. The van der Waals surface area contributed by atoms with Gasteiger partial charge in [0.2, 0.25) is 10.0 Å². The van der Waals surface area contributed by atoms with Crippen molar-refractivity contribution < 1.29 is 13.2 Å². The van der Waals surface area contributed by atoms with E-state index in [0.29, 0.717) is 33.4 Å². The molecule has 0 bridgehead atoms. The van der Waals surface area contributed by atoms with Crippen LogP contribution < -0.4 is 15.6 Å². The van der Waals surface area contributed by atoms with Crippen molar-refractivity contribution in [2.45, 2.75) is 6.92 Å². The zero-order valence-electron chi connectivity index (χ0n) is 17.4. The van der Waals surface area contributed by atoms with Gasteiger partial charge in [-0.15, -0.1) is 0 Å². The van der Waals surface area contributed by atoms with Crippen molar-refractivity contribution in [3.63, 3.8) is 0 Å². The Kier molecular flexibility index (Phi) is 5.50. The van der Waals surface area contributed by atoms with E-state index in [0.717, 1.165) is 6.26 Å². The summed E-state index contributed by atoms with van der Waals surface area (Å²) < 4.78 is 26.9. The van der Waals surface area contributed by atoms with Crippen LogP contribution in [0, 0.1) is 6.92 Å². The van der Waals surface area contributed by atoms with Crippen molar-refractivity contribution in [2.24, 2.45) is 0 Å². The third-order valence-corrected chi connectivity index (χ3v) is 5.40. The molecule has 2 N–H and O–H groups in total. The highest BCUT2D eigenvalue weighted by molar-refractivity contribution is 7.92. The molecule has 0 radical (unpaired) electrons. The Morgan fingerprint density at radius 1 is 0.938 bits per heavy atom. The number of nitrogens with one attached hydrogen (secondary N) is 2. The van der Waals surface area contributed by atoms with E-state index >= 15 is 0 Å². The molecule has 4 rings (SSSR count). The van der Waals surface area contributed by atoms with Gasteiger partial charge in [-0.25, -0.2) is 8.42 Å². The number of nitrogens with zero attached hydrogens (tertiary/aromatic N) is 2. The molecule has 0 spiro atoms. The first-order chi connectivity index (χ1) is 15.2.